The van der Waals surface area contributed by atoms with E-state index >= 15 is 0 Å². The number of benzene rings is 1. The molecule has 1 atom stereocenters. The van der Waals surface area contributed by atoms with E-state index in [1.54, 1.807) is 7.05 Å². The predicted octanol–water partition coefficient (Wildman–Crippen LogP) is 3.40. The molecule has 0 amide bonds. The van der Waals surface area contributed by atoms with E-state index < -0.39 is 12.8 Å². The molecule has 0 aromatic heterocycles. The summed E-state index contributed by atoms with van der Waals surface area (Å²) < 4.78 is 41.0. The minimum atomic E-state index is -4.27. The maximum atomic E-state index is 12.1. The Morgan fingerprint density at radius 1 is 1.20 bits per heavy atom. The molecule has 0 saturated carbocycles. The normalized spacial score (nSPS) is 16.8. The van der Waals surface area contributed by atoms with Crippen molar-refractivity contribution in [1.29, 1.82) is 0 Å². The molecule has 1 N–H and O–H groups in total. The van der Waals surface area contributed by atoms with Gasteiger partial charge in [-0.05, 0) is 49.4 Å². The lowest BCUT2D eigenvalue weighted by molar-refractivity contribution is -0.175. The molecule has 0 fully saturated rings. The van der Waals surface area contributed by atoms with Gasteiger partial charge < -0.3 is 10.1 Å². The summed E-state index contributed by atoms with van der Waals surface area (Å²) >= 11 is 0. The number of nitrogens with one attached hydrogen (secondary N) is 1. The molecule has 1 unspecified atom stereocenters. The number of halogens is 3. The van der Waals surface area contributed by atoms with Crippen LogP contribution in [0.4, 0.5) is 13.2 Å². The van der Waals surface area contributed by atoms with Gasteiger partial charge in [0.05, 0.1) is 12.6 Å². The molecule has 2 rings (SSSR count). The number of likely N-dealkylation sites (N-methyl/N-ethyl adjacent to an activating group) is 1. The number of alkyl halides is 3. The van der Waals surface area contributed by atoms with Crippen molar-refractivity contribution >= 4 is 0 Å². The second-order valence-corrected chi connectivity index (χ2v) is 5.21. The standard InChI is InChI=1S/C15H20F3NO/c1-19-14(9-20-10-15(16,17)18)13-7-6-11-4-2-3-5-12(11)8-13/h6-8,14,19H,2-5,9-10H2,1H3. The molecule has 1 aliphatic carbocycles. The summed E-state index contributed by atoms with van der Waals surface area (Å²) in [5.74, 6) is 0. The van der Waals surface area contributed by atoms with Crippen LogP contribution in [0.25, 0.3) is 0 Å². The van der Waals surface area contributed by atoms with Crippen molar-refractivity contribution in [2.75, 3.05) is 20.3 Å². The highest BCUT2D eigenvalue weighted by molar-refractivity contribution is 5.35. The maximum Gasteiger partial charge on any atom is 0.411 e. The molecule has 5 heteroatoms. The third-order valence-electron chi connectivity index (χ3n) is 3.67. The van der Waals surface area contributed by atoms with E-state index in [-0.39, 0.29) is 12.6 Å². The molecule has 0 spiro atoms. The van der Waals surface area contributed by atoms with E-state index in [1.165, 1.54) is 24.0 Å². The van der Waals surface area contributed by atoms with Crippen molar-refractivity contribution in [2.24, 2.45) is 0 Å². The lowest BCUT2D eigenvalue weighted by Gasteiger charge is -2.21. The number of rotatable bonds is 5. The van der Waals surface area contributed by atoms with Crippen molar-refractivity contribution in [3.05, 3.63) is 34.9 Å². The van der Waals surface area contributed by atoms with Crippen LogP contribution in [0.1, 0.15) is 35.6 Å². The minimum absolute atomic E-state index is 0.0226. The van der Waals surface area contributed by atoms with E-state index in [4.69, 9.17) is 4.74 Å². The van der Waals surface area contributed by atoms with Gasteiger partial charge >= 0.3 is 6.18 Å². The second-order valence-electron chi connectivity index (χ2n) is 5.21. The van der Waals surface area contributed by atoms with Crippen LogP contribution < -0.4 is 5.32 Å². The Balaban J connectivity index is 2.00. The molecule has 20 heavy (non-hydrogen) atoms. The van der Waals surface area contributed by atoms with E-state index in [0.29, 0.717) is 0 Å². The first-order chi connectivity index (χ1) is 9.49. The Labute approximate surface area is 117 Å². The first kappa shape index (κ1) is 15.3. The molecule has 0 aliphatic heterocycles. The zero-order chi connectivity index (χ0) is 14.6. The van der Waals surface area contributed by atoms with Gasteiger partial charge in [0.1, 0.15) is 6.61 Å². The zero-order valence-electron chi connectivity index (χ0n) is 11.6. The summed E-state index contributed by atoms with van der Waals surface area (Å²) in [7, 11) is 1.74. The zero-order valence-corrected chi connectivity index (χ0v) is 11.6. The smallest absolute Gasteiger partial charge is 0.370 e. The first-order valence-electron chi connectivity index (χ1n) is 6.93. The van der Waals surface area contributed by atoms with E-state index in [9.17, 15) is 13.2 Å². The van der Waals surface area contributed by atoms with Gasteiger partial charge in [-0.2, -0.15) is 13.2 Å². The number of aryl methyl sites for hydroxylation is 2. The quantitative estimate of drug-likeness (QED) is 0.896. The van der Waals surface area contributed by atoms with Crippen molar-refractivity contribution in [2.45, 2.75) is 37.9 Å². The molecule has 1 aliphatic rings. The molecule has 112 valence electrons. The summed E-state index contributed by atoms with van der Waals surface area (Å²) in [6.45, 7) is -1.18. The highest BCUT2D eigenvalue weighted by atomic mass is 19.4. The maximum absolute atomic E-state index is 12.1. The van der Waals surface area contributed by atoms with Gasteiger partial charge in [0, 0.05) is 0 Å². The van der Waals surface area contributed by atoms with Crippen LogP contribution in [0.15, 0.2) is 18.2 Å². The third-order valence-corrected chi connectivity index (χ3v) is 3.67. The van der Waals surface area contributed by atoms with Gasteiger partial charge in [0.15, 0.2) is 0 Å². The topological polar surface area (TPSA) is 21.3 Å². The average molecular weight is 287 g/mol. The first-order valence-corrected chi connectivity index (χ1v) is 6.93. The van der Waals surface area contributed by atoms with Crippen molar-refractivity contribution in [1.82, 2.24) is 5.32 Å². The molecule has 1 aromatic carbocycles. The van der Waals surface area contributed by atoms with Gasteiger partial charge in [-0.25, -0.2) is 0 Å². The summed E-state index contributed by atoms with van der Waals surface area (Å²) in [6.07, 6.45) is 0.295. The Kier molecular flexibility index (Phi) is 5.05. The summed E-state index contributed by atoms with van der Waals surface area (Å²) in [5.41, 5.74) is 3.69. The van der Waals surface area contributed by atoms with Crippen LogP contribution in [-0.2, 0) is 17.6 Å². The van der Waals surface area contributed by atoms with Crippen LogP contribution in [0.5, 0.6) is 0 Å². The fourth-order valence-corrected chi connectivity index (χ4v) is 2.61. The van der Waals surface area contributed by atoms with Gasteiger partial charge in [-0.15, -0.1) is 0 Å². The van der Waals surface area contributed by atoms with Crippen molar-refractivity contribution < 1.29 is 17.9 Å². The summed E-state index contributed by atoms with van der Waals surface area (Å²) in [5, 5.41) is 3.02. The van der Waals surface area contributed by atoms with E-state index in [2.05, 4.69) is 17.4 Å². The number of ether oxygens (including phenoxy) is 1. The van der Waals surface area contributed by atoms with Crippen LogP contribution in [0.3, 0.4) is 0 Å². The van der Waals surface area contributed by atoms with Gasteiger partial charge in [0.25, 0.3) is 0 Å². The monoisotopic (exact) mass is 287 g/mol. The Morgan fingerprint density at radius 2 is 1.90 bits per heavy atom. The molecule has 0 radical (unpaired) electrons. The number of fused-ring (bicyclic) bond motifs is 1. The van der Waals surface area contributed by atoms with E-state index in [1.807, 2.05) is 6.07 Å². The van der Waals surface area contributed by atoms with Crippen LogP contribution >= 0.6 is 0 Å². The Hall–Kier alpha value is -1.07. The summed E-state index contributed by atoms with van der Waals surface area (Å²) in [4.78, 5) is 0. The second kappa shape index (κ2) is 6.59. The predicted molar refractivity (Wildman–Crippen MR) is 71.8 cm³/mol. The van der Waals surface area contributed by atoms with E-state index in [0.717, 1.165) is 18.4 Å². The van der Waals surface area contributed by atoms with Crippen LogP contribution in [-0.4, -0.2) is 26.4 Å². The largest absolute Gasteiger partial charge is 0.411 e. The molecular formula is C15H20F3NO. The molecular weight excluding hydrogens is 267 g/mol. The molecule has 0 heterocycles. The SMILES string of the molecule is CNC(COCC(F)(F)F)c1ccc2c(c1)CCCC2. The van der Waals surface area contributed by atoms with Gasteiger partial charge in [0.2, 0.25) is 0 Å². The lowest BCUT2D eigenvalue weighted by atomic mass is 9.89. The highest BCUT2D eigenvalue weighted by Crippen LogP contribution is 2.25. The fraction of sp³-hybridized carbons (Fsp3) is 0.600. The Bertz CT molecular complexity index is 445. The molecule has 1 aromatic rings. The average Bonchev–Trinajstić information content (AvgIpc) is 2.42. The minimum Gasteiger partial charge on any atom is -0.370 e. The lowest BCUT2D eigenvalue weighted by Crippen LogP contribution is -2.26. The third kappa shape index (κ3) is 4.21. The molecule has 2 nitrogen and oxygen atoms in total. The molecule has 0 saturated heterocycles. The number of hydrogen-bond donors (Lipinski definition) is 1. The van der Waals surface area contributed by atoms with Gasteiger partial charge in [-0.1, -0.05) is 18.2 Å². The van der Waals surface area contributed by atoms with Crippen LogP contribution in [0.2, 0.25) is 0 Å². The fourth-order valence-electron chi connectivity index (χ4n) is 2.61. The van der Waals surface area contributed by atoms with Crippen molar-refractivity contribution in [3.63, 3.8) is 0 Å². The number of hydrogen-bond acceptors (Lipinski definition) is 2. The Morgan fingerprint density at radius 3 is 2.55 bits per heavy atom. The van der Waals surface area contributed by atoms with Gasteiger partial charge in [-0.3, -0.25) is 0 Å². The van der Waals surface area contributed by atoms with Crippen LogP contribution in [0, 0.1) is 0 Å². The van der Waals surface area contributed by atoms with Crippen molar-refractivity contribution in [3.8, 4) is 0 Å². The highest BCUT2D eigenvalue weighted by Gasteiger charge is 2.28. The summed E-state index contributed by atoms with van der Waals surface area (Å²) in [6, 6.07) is 5.98. The molecule has 0 bridgehead atoms.